The molecule has 0 bridgehead atoms. The Morgan fingerprint density at radius 3 is 2.47 bits per heavy atom. The number of carbonyl (C=O) groups excluding carboxylic acids is 1. The Labute approximate surface area is 111 Å². The van der Waals surface area contributed by atoms with Crippen LogP contribution in [0.25, 0.3) is 0 Å². The molecule has 5 nitrogen and oxygen atoms in total. The third-order valence-electron chi connectivity index (χ3n) is 3.57. The second kappa shape index (κ2) is 4.91. The molecule has 1 amide bonds. The fraction of sp³-hybridized carbons (Fsp3) is 0.429. The second-order valence-electron chi connectivity index (χ2n) is 5.15. The number of amides is 1. The Morgan fingerprint density at radius 2 is 2.00 bits per heavy atom. The molecule has 0 aromatic heterocycles. The highest BCUT2D eigenvalue weighted by atomic mass is 16.4. The molecule has 1 atom stereocenters. The monoisotopic (exact) mass is 262 g/mol. The van der Waals surface area contributed by atoms with E-state index in [1.807, 2.05) is 6.92 Å². The number of anilines is 1. The minimum atomic E-state index is -1.00. The zero-order valence-electron chi connectivity index (χ0n) is 11.1. The fourth-order valence-corrected chi connectivity index (χ4v) is 2.22. The summed E-state index contributed by atoms with van der Waals surface area (Å²) in [4.78, 5) is 22.6. The zero-order chi connectivity index (χ0) is 14.2. The van der Waals surface area contributed by atoms with E-state index in [2.05, 4.69) is 5.32 Å². The third kappa shape index (κ3) is 2.86. The Balaban J connectivity index is 2.39. The number of hydrogen-bond acceptors (Lipinski definition) is 3. The van der Waals surface area contributed by atoms with Crippen molar-refractivity contribution in [1.29, 1.82) is 0 Å². The van der Waals surface area contributed by atoms with E-state index >= 15 is 0 Å². The van der Waals surface area contributed by atoms with Crippen LogP contribution in [0.4, 0.5) is 5.69 Å². The predicted octanol–water partition coefficient (Wildman–Crippen LogP) is 2.00. The van der Waals surface area contributed by atoms with Crippen LogP contribution in [-0.2, 0) is 0 Å². The number of rotatable bonds is 5. The van der Waals surface area contributed by atoms with Crippen molar-refractivity contribution in [3.8, 4) is 0 Å². The van der Waals surface area contributed by atoms with Crippen LogP contribution in [-0.4, -0.2) is 23.0 Å². The Morgan fingerprint density at radius 1 is 1.37 bits per heavy atom. The molecule has 5 heteroatoms. The fourth-order valence-electron chi connectivity index (χ4n) is 2.22. The highest BCUT2D eigenvalue weighted by molar-refractivity contribution is 6.01. The molecule has 0 spiro atoms. The van der Waals surface area contributed by atoms with Gasteiger partial charge in [-0.25, -0.2) is 4.79 Å². The van der Waals surface area contributed by atoms with Gasteiger partial charge >= 0.3 is 5.97 Å². The summed E-state index contributed by atoms with van der Waals surface area (Å²) >= 11 is 0. The van der Waals surface area contributed by atoms with Crippen molar-refractivity contribution < 1.29 is 14.7 Å². The number of primary amides is 1. The highest BCUT2D eigenvalue weighted by Crippen LogP contribution is 2.34. The SMILES string of the molecule is Cc1cc(C(N)=O)c(NC(C)C2CC2)cc1C(=O)O. The Kier molecular flexibility index (Phi) is 3.46. The Bertz CT molecular complexity index is 536. The van der Waals surface area contributed by atoms with E-state index in [1.165, 1.54) is 12.1 Å². The average Bonchev–Trinajstić information content (AvgIpc) is 3.14. The molecular weight excluding hydrogens is 244 g/mol. The first-order chi connectivity index (χ1) is 8.90. The lowest BCUT2D eigenvalue weighted by molar-refractivity contribution is 0.0695. The van der Waals surface area contributed by atoms with Crippen LogP contribution in [0, 0.1) is 12.8 Å². The summed E-state index contributed by atoms with van der Waals surface area (Å²) in [5.74, 6) is -0.962. The van der Waals surface area contributed by atoms with Gasteiger partial charge < -0.3 is 16.2 Å². The molecule has 19 heavy (non-hydrogen) atoms. The van der Waals surface area contributed by atoms with Crippen LogP contribution in [0.3, 0.4) is 0 Å². The van der Waals surface area contributed by atoms with Crippen molar-refractivity contribution in [3.63, 3.8) is 0 Å². The number of aryl methyl sites for hydroxylation is 1. The second-order valence-corrected chi connectivity index (χ2v) is 5.15. The maximum atomic E-state index is 11.5. The van der Waals surface area contributed by atoms with Crippen molar-refractivity contribution in [1.82, 2.24) is 0 Å². The zero-order valence-corrected chi connectivity index (χ0v) is 11.1. The smallest absolute Gasteiger partial charge is 0.336 e. The maximum absolute atomic E-state index is 11.5. The predicted molar refractivity (Wildman–Crippen MR) is 72.5 cm³/mol. The lowest BCUT2D eigenvalue weighted by atomic mass is 10.0. The van der Waals surface area contributed by atoms with Gasteiger partial charge in [0.05, 0.1) is 11.1 Å². The highest BCUT2D eigenvalue weighted by Gasteiger charge is 2.28. The van der Waals surface area contributed by atoms with Gasteiger partial charge in [-0.05, 0) is 50.3 Å². The van der Waals surface area contributed by atoms with Gasteiger partial charge in [0.15, 0.2) is 0 Å². The van der Waals surface area contributed by atoms with Crippen molar-refractivity contribution in [2.75, 3.05) is 5.32 Å². The molecule has 2 rings (SSSR count). The molecule has 0 aliphatic heterocycles. The van der Waals surface area contributed by atoms with Gasteiger partial charge in [0.2, 0.25) is 0 Å². The van der Waals surface area contributed by atoms with Gasteiger partial charge in [-0.15, -0.1) is 0 Å². The van der Waals surface area contributed by atoms with Crippen LogP contribution >= 0.6 is 0 Å². The summed E-state index contributed by atoms with van der Waals surface area (Å²) in [5, 5.41) is 12.3. The molecule has 0 saturated heterocycles. The van der Waals surface area contributed by atoms with Gasteiger partial charge in [-0.3, -0.25) is 4.79 Å². The summed E-state index contributed by atoms with van der Waals surface area (Å²) in [5.41, 5.74) is 6.93. The van der Waals surface area contributed by atoms with Crippen LogP contribution in [0.15, 0.2) is 12.1 Å². The molecule has 4 N–H and O–H groups in total. The lowest BCUT2D eigenvalue weighted by Crippen LogP contribution is -2.22. The third-order valence-corrected chi connectivity index (χ3v) is 3.57. The first-order valence-electron chi connectivity index (χ1n) is 6.34. The number of benzene rings is 1. The number of carboxylic acid groups (broad SMARTS) is 1. The number of nitrogens with one attached hydrogen (secondary N) is 1. The van der Waals surface area contributed by atoms with Crippen LogP contribution < -0.4 is 11.1 Å². The van der Waals surface area contributed by atoms with E-state index in [0.717, 1.165) is 12.8 Å². The average molecular weight is 262 g/mol. The van der Waals surface area contributed by atoms with Crippen molar-refractivity contribution in [2.45, 2.75) is 32.7 Å². The minimum Gasteiger partial charge on any atom is -0.478 e. The number of aromatic carboxylic acids is 1. The van der Waals surface area contributed by atoms with E-state index in [-0.39, 0.29) is 11.6 Å². The summed E-state index contributed by atoms with van der Waals surface area (Å²) in [7, 11) is 0. The number of carboxylic acids is 1. The van der Waals surface area contributed by atoms with Gasteiger partial charge in [0, 0.05) is 11.7 Å². The molecule has 102 valence electrons. The first kappa shape index (κ1) is 13.4. The maximum Gasteiger partial charge on any atom is 0.336 e. The van der Waals surface area contributed by atoms with E-state index in [9.17, 15) is 9.59 Å². The largest absolute Gasteiger partial charge is 0.478 e. The summed E-state index contributed by atoms with van der Waals surface area (Å²) in [6.07, 6.45) is 2.33. The van der Waals surface area contributed by atoms with Crippen molar-refractivity contribution in [3.05, 3.63) is 28.8 Å². The first-order valence-corrected chi connectivity index (χ1v) is 6.34. The quantitative estimate of drug-likeness (QED) is 0.756. The lowest BCUT2D eigenvalue weighted by Gasteiger charge is -2.18. The van der Waals surface area contributed by atoms with E-state index < -0.39 is 11.9 Å². The van der Waals surface area contributed by atoms with E-state index in [4.69, 9.17) is 10.8 Å². The molecule has 1 aromatic carbocycles. The van der Waals surface area contributed by atoms with E-state index in [1.54, 1.807) is 6.92 Å². The van der Waals surface area contributed by atoms with Crippen molar-refractivity contribution >= 4 is 17.6 Å². The number of hydrogen-bond donors (Lipinski definition) is 3. The van der Waals surface area contributed by atoms with Crippen LogP contribution in [0.2, 0.25) is 0 Å². The van der Waals surface area contributed by atoms with Gasteiger partial charge in [0.1, 0.15) is 0 Å². The van der Waals surface area contributed by atoms with Gasteiger partial charge in [-0.1, -0.05) is 0 Å². The standard InChI is InChI=1S/C14H18N2O3/c1-7-5-11(13(15)17)12(6-10(7)14(18)19)16-8(2)9-3-4-9/h5-6,8-9,16H,3-4H2,1-2H3,(H2,15,17)(H,18,19). The Hall–Kier alpha value is -2.04. The molecule has 1 aliphatic rings. The van der Waals surface area contributed by atoms with Gasteiger partial charge in [-0.2, -0.15) is 0 Å². The molecule has 1 saturated carbocycles. The summed E-state index contributed by atoms with van der Waals surface area (Å²) in [6, 6.07) is 3.24. The summed E-state index contributed by atoms with van der Waals surface area (Å²) in [6.45, 7) is 3.69. The number of carbonyl (C=O) groups is 2. The van der Waals surface area contributed by atoms with Crippen LogP contribution in [0.1, 0.15) is 46.0 Å². The number of nitrogens with two attached hydrogens (primary N) is 1. The molecule has 1 fully saturated rings. The van der Waals surface area contributed by atoms with Crippen LogP contribution in [0.5, 0.6) is 0 Å². The minimum absolute atomic E-state index is 0.190. The molecule has 1 unspecified atom stereocenters. The molecule has 1 aliphatic carbocycles. The van der Waals surface area contributed by atoms with Crippen molar-refractivity contribution in [2.24, 2.45) is 11.7 Å². The molecule has 0 heterocycles. The molecule has 1 aromatic rings. The molecule has 0 radical (unpaired) electrons. The van der Waals surface area contributed by atoms with E-state index in [0.29, 0.717) is 22.7 Å². The normalized spacial score (nSPS) is 15.9. The topological polar surface area (TPSA) is 92.4 Å². The van der Waals surface area contributed by atoms with Gasteiger partial charge in [0.25, 0.3) is 5.91 Å². The summed E-state index contributed by atoms with van der Waals surface area (Å²) < 4.78 is 0. The molecular formula is C14H18N2O3.